The molecule has 146 valence electrons. The predicted octanol–water partition coefficient (Wildman–Crippen LogP) is 6.30. The van der Waals surface area contributed by atoms with Crippen LogP contribution < -0.4 is 5.32 Å². The zero-order valence-electron chi connectivity index (χ0n) is 16.2. The lowest BCUT2D eigenvalue weighted by Crippen LogP contribution is -2.24. The molecule has 0 amide bonds. The second kappa shape index (κ2) is 9.53. The largest absolute Gasteiger partial charge is 0.363 e. The van der Waals surface area contributed by atoms with E-state index in [0.29, 0.717) is 5.69 Å². The van der Waals surface area contributed by atoms with Gasteiger partial charge in [-0.25, -0.2) is 4.68 Å². The summed E-state index contributed by atoms with van der Waals surface area (Å²) in [6.45, 7) is 2.25. The van der Waals surface area contributed by atoms with E-state index in [1.807, 2.05) is 24.3 Å². The first-order chi connectivity index (χ1) is 13.2. The van der Waals surface area contributed by atoms with Crippen molar-refractivity contribution in [3.8, 4) is 11.3 Å². The summed E-state index contributed by atoms with van der Waals surface area (Å²) in [7, 11) is 0. The van der Waals surface area contributed by atoms with Crippen LogP contribution in [0.25, 0.3) is 11.3 Å². The van der Waals surface area contributed by atoms with Gasteiger partial charge in [0.1, 0.15) is 12.4 Å². The topological polar surface area (TPSA) is 73.0 Å². The first-order valence-corrected chi connectivity index (χ1v) is 10.3. The number of fused-ring (bicyclic) bond motifs is 3. The molecule has 6 nitrogen and oxygen atoms in total. The van der Waals surface area contributed by atoms with Crippen LogP contribution in [-0.2, 0) is 0 Å². The Labute approximate surface area is 161 Å². The molecule has 0 fully saturated rings. The third-order valence-electron chi connectivity index (χ3n) is 5.35. The maximum absolute atomic E-state index is 11.4. The molecule has 0 bridgehead atoms. The number of anilines is 1. The Morgan fingerprint density at radius 1 is 1.07 bits per heavy atom. The molecule has 6 heteroatoms. The molecule has 1 unspecified atom stereocenters. The fourth-order valence-electron chi connectivity index (χ4n) is 3.88. The quantitative estimate of drug-likeness (QED) is 0.286. The zero-order chi connectivity index (χ0) is 19.1. The molecule has 1 N–H and O–H groups in total. The Bertz CT molecular complexity index is 756. The van der Waals surface area contributed by atoms with Crippen molar-refractivity contribution in [2.24, 2.45) is 0 Å². The van der Waals surface area contributed by atoms with Gasteiger partial charge in [0.05, 0.1) is 4.92 Å². The van der Waals surface area contributed by atoms with Crippen LogP contribution >= 0.6 is 0 Å². The van der Waals surface area contributed by atoms with Crippen molar-refractivity contribution in [1.82, 2.24) is 9.78 Å². The van der Waals surface area contributed by atoms with Crippen molar-refractivity contribution in [2.45, 2.75) is 77.3 Å². The fourth-order valence-corrected chi connectivity index (χ4v) is 3.88. The average Bonchev–Trinajstić information content (AvgIpc) is 3.12. The summed E-state index contributed by atoms with van der Waals surface area (Å²) in [4.78, 5) is 11.1. The van der Waals surface area contributed by atoms with Gasteiger partial charge >= 0.3 is 5.69 Å². The summed E-state index contributed by atoms with van der Waals surface area (Å²) in [5, 5.41) is 19.2. The van der Waals surface area contributed by atoms with E-state index >= 15 is 0 Å². The predicted molar refractivity (Wildman–Crippen MR) is 109 cm³/mol. The molecule has 0 spiro atoms. The van der Waals surface area contributed by atoms with Crippen molar-refractivity contribution in [2.75, 3.05) is 5.32 Å². The van der Waals surface area contributed by atoms with Gasteiger partial charge in [-0.2, -0.15) is 5.10 Å². The van der Waals surface area contributed by atoms with Crippen LogP contribution in [0.15, 0.2) is 30.5 Å². The number of nitrogens with one attached hydrogen (secondary N) is 1. The molecule has 27 heavy (non-hydrogen) atoms. The smallest absolute Gasteiger partial charge is 0.315 e. The second-order valence-corrected chi connectivity index (χ2v) is 7.40. The molecule has 0 radical (unpaired) electrons. The normalized spacial score (nSPS) is 15.1. The van der Waals surface area contributed by atoms with Gasteiger partial charge < -0.3 is 5.32 Å². The molecular weight excluding hydrogens is 340 g/mol. The highest BCUT2D eigenvalue weighted by Crippen LogP contribution is 2.41. The van der Waals surface area contributed by atoms with Crippen molar-refractivity contribution in [3.63, 3.8) is 0 Å². The van der Waals surface area contributed by atoms with Crippen LogP contribution in [0.3, 0.4) is 0 Å². The van der Waals surface area contributed by atoms with Gasteiger partial charge in [0.25, 0.3) is 0 Å². The first-order valence-electron chi connectivity index (χ1n) is 10.3. The average molecular weight is 370 g/mol. The lowest BCUT2D eigenvalue weighted by molar-refractivity contribution is -0.384. The number of rotatable bonds is 11. The lowest BCUT2D eigenvalue weighted by atomic mass is 10.0. The molecule has 1 aliphatic heterocycles. The summed E-state index contributed by atoms with van der Waals surface area (Å²) in [6.07, 6.45) is 13.9. The van der Waals surface area contributed by atoms with Gasteiger partial charge in [-0.15, -0.1) is 0 Å². The van der Waals surface area contributed by atoms with Gasteiger partial charge in [0, 0.05) is 11.3 Å². The SMILES string of the molecule is CCCCCCCCCCCC1Nc2ccccc2-c2c([N+](=O)[O-])cnn21. The van der Waals surface area contributed by atoms with E-state index in [9.17, 15) is 10.1 Å². The van der Waals surface area contributed by atoms with E-state index in [1.165, 1.54) is 57.6 Å². The summed E-state index contributed by atoms with van der Waals surface area (Å²) in [5.41, 5.74) is 2.51. The highest BCUT2D eigenvalue weighted by atomic mass is 16.6. The monoisotopic (exact) mass is 370 g/mol. The van der Waals surface area contributed by atoms with Gasteiger partial charge in [0.15, 0.2) is 5.69 Å². The lowest BCUT2D eigenvalue weighted by Gasteiger charge is -2.28. The standard InChI is InChI=1S/C21H30N4O2/c1-2-3-4-5-6-7-8-9-10-15-20-23-18-14-12-11-13-17(18)21-19(25(26)27)16-22-24(20)21/h11-14,16,20,23H,2-10,15H2,1H3. The molecular formula is C21H30N4O2. The number of para-hydroxylation sites is 1. The minimum atomic E-state index is -0.337. The molecule has 0 saturated carbocycles. The Morgan fingerprint density at radius 2 is 1.74 bits per heavy atom. The van der Waals surface area contributed by atoms with Gasteiger partial charge in [0.2, 0.25) is 0 Å². The fraction of sp³-hybridized carbons (Fsp3) is 0.571. The second-order valence-electron chi connectivity index (χ2n) is 7.40. The van der Waals surface area contributed by atoms with Crippen LogP contribution in [0, 0.1) is 10.1 Å². The molecule has 1 aliphatic rings. The number of nitro groups is 1. The van der Waals surface area contributed by atoms with Crippen molar-refractivity contribution in [1.29, 1.82) is 0 Å². The minimum Gasteiger partial charge on any atom is -0.363 e. The number of nitrogens with zero attached hydrogens (tertiary/aromatic N) is 3. The van der Waals surface area contributed by atoms with Crippen molar-refractivity contribution >= 4 is 11.4 Å². The van der Waals surface area contributed by atoms with Crippen LogP contribution in [0.2, 0.25) is 0 Å². The first kappa shape index (κ1) is 19.4. The van der Waals surface area contributed by atoms with E-state index in [-0.39, 0.29) is 16.8 Å². The summed E-state index contributed by atoms with van der Waals surface area (Å²) < 4.78 is 1.80. The van der Waals surface area contributed by atoms with Crippen molar-refractivity contribution < 1.29 is 4.92 Å². The van der Waals surface area contributed by atoms with Gasteiger partial charge in [-0.3, -0.25) is 10.1 Å². The van der Waals surface area contributed by atoms with E-state index in [4.69, 9.17) is 0 Å². The molecule has 1 aromatic heterocycles. The highest BCUT2D eigenvalue weighted by molar-refractivity contribution is 5.82. The molecule has 0 saturated heterocycles. The molecule has 2 heterocycles. The number of aromatic nitrogens is 2. The number of benzene rings is 1. The molecule has 2 aromatic rings. The Hall–Kier alpha value is -2.37. The maximum Gasteiger partial charge on any atom is 0.315 e. The molecule has 1 atom stereocenters. The number of hydrogen-bond donors (Lipinski definition) is 1. The summed E-state index contributed by atoms with van der Waals surface area (Å²) >= 11 is 0. The Kier molecular flexibility index (Phi) is 6.85. The third kappa shape index (κ3) is 4.67. The van der Waals surface area contributed by atoms with Crippen molar-refractivity contribution in [3.05, 3.63) is 40.6 Å². The molecule has 3 rings (SSSR count). The van der Waals surface area contributed by atoms with Crippen LogP contribution in [-0.4, -0.2) is 14.7 Å². The summed E-state index contributed by atoms with van der Waals surface area (Å²) in [6, 6.07) is 7.76. The summed E-state index contributed by atoms with van der Waals surface area (Å²) in [5.74, 6) is 0. The van der Waals surface area contributed by atoms with E-state index in [0.717, 1.165) is 24.1 Å². The zero-order valence-corrected chi connectivity index (χ0v) is 16.2. The van der Waals surface area contributed by atoms with Gasteiger partial charge in [-0.05, 0) is 18.9 Å². The maximum atomic E-state index is 11.4. The number of hydrogen-bond acceptors (Lipinski definition) is 4. The van der Waals surface area contributed by atoms with E-state index in [1.54, 1.807) is 4.68 Å². The Morgan fingerprint density at radius 3 is 2.44 bits per heavy atom. The van der Waals surface area contributed by atoms with Gasteiger partial charge in [-0.1, -0.05) is 76.5 Å². The molecule has 1 aromatic carbocycles. The molecule has 0 aliphatic carbocycles. The van der Waals surface area contributed by atoms with E-state index < -0.39 is 0 Å². The third-order valence-corrected chi connectivity index (χ3v) is 5.35. The highest BCUT2D eigenvalue weighted by Gasteiger charge is 2.31. The minimum absolute atomic E-state index is 0.0202. The van der Waals surface area contributed by atoms with Crippen LogP contribution in [0.5, 0.6) is 0 Å². The van der Waals surface area contributed by atoms with E-state index in [2.05, 4.69) is 17.3 Å². The Balaban J connectivity index is 1.55. The number of unbranched alkanes of at least 4 members (excludes halogenated alkanes) is 8. The van der Waals surface area contributed by atoms with Crippen LogP contribution in [0.1, 0.15) is 77.3 Å². The van der Waals surface area contributed by atoms with Crippen LogP contribution in [0.4, 0.5) is 11.4 Å².